The fourth-order valence-electron chi connectivity index (χ4n) is 6.24. The normalized spacial score (nSPS) is 20.0. The van der Waals surface area contributed by atoms with E-state index in [1.54, 1.807) is 30.8 Å². The second-order valence-electron chi connectivity index (χ2n) is 11.7. The minimum Gasteiger partial charge on any atom is -0.377 e. The summed E-state index contributed by atoms with van der Waals surface area (Å²) in [6.07, 6.45) is 2.57. The predicted octanol–water partition coefficient (Wildman–Crippen LogP) is 3.85. The number of halogens is 2. The van der Waals surface area contributed by atoms with Crippen LogP contribution in [0.5, 0.6) is 0 Å². The minimum atomic E-state index is -3.84. The standard InChI is InChI=1S/C30H31ClFN7O4S/c1-14-8-18(15(2)34-23-6-7-24(31)35-27(23)29(40)37-44(5,42)43)26-19(9-14)30(41)38(4)28(36-26)25-20-12-39(13-21(20)25)17-10-22(32)16(3)33-11-17/h6-11,15,20-21,25,34H,12-13H2,1-5H3,(H,37,40)/t15-,20-,21+,25?/m1/s1. The molecule has 1 amide bonds. The van der Waals surface area contributed by atoms with Gasteiger partial charge in [0.15, 0.2) is 5.69 Å². The molecule has 1 aromatic carbocycles. The first kappa shape index (κ1) is 29.9. The average molecular weight is 640 g/mol. The van der Waals surface area contributed by atoms with Gasteiger partial charge in [0.2, 0.25) is 10.0 Å². The van der Waals surface area contributed by atoms with Crippen molar-refractivity contribution < 1.29 is 17.6 Å². The van der Waals surface area contributed by atoms with Crippen LogP contribution < -0.4 is 20.5 Å². The number of sulfonamides is 1. The molecule has 1 aliphatic heterocycles. The summed E-state index contributed by atoms with van der Waals surface area (Å²) in [5, 5.41) is 3.74. The Labute approximate surface area is 258 Å². The van der Waals surface area contributed by atoms with E-state index in [0.717, 1.165) is 23.1 Å². The fourth-order valence-corrected chi connectivity index (χ4v) is 6.82. The Morgan fingerprint density at radius 2 is 1.84 bits per heavy atom. The van der Waals surface area contributed by atoms with Crippen molar-refractivity contribution in [3.05, 3.63) is 86.2 Å². The molecular formula is C30H31ClFN7O4S. The molecule has 4 heterocycles. The Kier molecular flexibility index (Phi) is 7.36. The Morgan fingerprint density at radius 3 is 2.50 bits per heavy atom. The number of carbonyl (C=O) groups excluding carboxylic acids is 1. The fraction of sp³-hybridized carbons (Fsp3) is 0.367. The monoisotopic (exact) mass is 639 g/mol. The summed E-state index contributed by atoms with van der Waals surface area (Å²) in [7, 11) is -2.10. The Bertz CT molecular complexity index is 2010. The lowest BCUT2D eigenvalue weighted by molar-refractivity contribution is 0.0977. The highest BCUT2D eigenvalue weighted by molar-refractivity contribution is 7.89. The van der Waals surface area contributed by atoms with E-state index < -0.39 is 22.0 Å². The number of carbonyl (C=O) groups is 1. The van der Waals surface area contributed by atoms with E-state index in [1.807, 2.05) is 30.7 Å². The molecule has 1 saturated carbocycles. The van der Waals surface area contributed by atoms with E-state index in [9.17, 15) is 22.4 Å². The Balaban J connectivity index is 1.32. The summed E-state index contributed by atoms with van der Waals surface area (Å²) in [6.45, 7) is 6.82. The average Bonchev–Trinajstić information content (AvgIpc) is 3.42. The number of amides is 1. The summed E-state index contributed by atoms with van der Waals surface area (Å²) in [4.78, 5) is 41.8. The van der Waals surface area contributed by atoms with Crippen LogP contribution in [0.1, 0.15) is 52.0 Å². The van der Waals surface area contributed by atoms with Crippen LogP contribution in [-0.4, -0.2) is 53.2 Å². The molecular weight excluding hydrogens is 609 g/mol. The van der Waals surface area contributed by atoms with Crippen LogP contribution in [-0.2, 0) is 17.1 Å². The van der Waals surface area contributed by atoms with Crippen LogP contribution in [0.15, 0.2) is 41.3 Å². The molecule has 11 nitrogen and oxygen atoms in total. The van der Waals surface area contributed by atoms with Gasteiger partial charge in [-0.25, -0.2) is 27.5 Å². The number of pyridine rings is 2. The molecule has 4 atom stereocenters. The molecule has 230 valence electrons. The van der Waals surface area contributed by atoms with Gasteiger partial charge >= 0.3 is 0 Å². The van der Waals surface area contributed by atoms with Crippen molar-refractivity contribution in [3.63, 3.8) is 0 Å². The molecule has 0 spiro atoms. The second-order valence-corrected chi connectivity index (χ2v) is 13.8. The largest absolute Gasteiger partial charge is 0.377 e. The van der Waals surface area contributed by atoms with Gasteiger partial charge in [-0.1, -0.05) is 17.7 Å². The van der Waals surface area contributed by atoms with Gasteiger partial charge < -0.3 is 10.2 Å². The molecule has 3 aromatic heterocycles. The van der Waals surface area contributed by atoms with Crippen LogP contribution in [0.3, 0.4) is 0 Å². The maximum Gasteiger partial charge on any atom is 0.285 e. The number of anilines is 2. The van der Waals surface area contributed by atoms with Gasteiger partial charge in [0.1, 0.15) is 16.8 Å². The first-order valence-electron chi connectivity index (χ1n) is 14.0. The summed E-state index contributed by atoms with van der Waals surface area (Å²) in [5.41, 5.74) is 3.17. The third kappa shape index (κ3) is 5.50. The highest BCUT2D eigenvalue weighted by atomic mass is 35.5. The van der Waals surface area contributed by atoms with Crippen molar-refractivity contribution in [2.45, 2.75) is 32.7 Å². The number of hydrogen-bond donors (Lipinski definition) is 2. The third-order valence-corrected chi connectivity index (χ3v) is 9.22. The number of nitrogens with one attached hydrogen (secondary N) is 2. The number of rotatable bonds is 7. The zero-order chi connectivity index (χ0) is 31.7. The van der Waals surface area contributed by atoms with E-state index in [0.29, 0.717) is 35.5 Å². The smallest absolute Gasteiger partial charge is 0.285 e. The summed E-state index contributed by atoms with van der Waals surface area (Å²) < 4.78 is 41.1. The molecule has 2 aliphatic rings. The van der Waals surface area contributed by atoms with E-state index in [1.165, 1.54) is 12.1 Å². The quantitative estimate of drug-likeness (QED) is 0.289. The Morgan fingerprint density at radius 1 is 1.14 bits per heavy atom. The summed E-state index contributed by atoms with van der Waals surface area (Å²) >= 11 is 6.03. The molecule has 1 aliphatic carbocycles. The van der Waals surface area contributed by atoms with Gasteiger partial charge in [-0.05, 0) is 56.4 Å². The van der Waals surface area contributed by atoms with Gasteiger partial charge in [-0.15, -0.1) is 0 Å². The number of benzene rings is 1. The lowest BCUT2D eigenvalue weighted by Gasteiger charge is -2.23. The van der Waals surface area contributed by atoms with Crippen LogP contribution in [0, 0.1) is 31.5 Å². The van der Waals surface area contributed by atoms with Crippen molar-refractivity contribution >= 4 is 49.8 Å². The van der Waals surface area contributed by atoms with Crippen molar-refractivity contribution in [1.82, 2.24) is 24.2 Å². The number of aryl methyl sites for hydroxylation is 2. The molecule has 0 radical (unpaired) electrons. The maximum absolute atomic E-state index is 14.1. The topological polar surface area (TPSA) is 139 Å². The summed E-state index contributed by atoms with van der Waals surface area (Å²) in [6, 6.07) is 7.84. The maximum atomic E-state index is 14.1. The van der Waals surface area contributed by atoms with Gasteiger partial charge in [0.25, 0.3) is 11.5 Å². The Hall–Kier alpha value is -4.10. The van der Waals surface area contributed by atoms with Crippen LogP contribution >= 0.6 is 11.6 Å². The van der Waals surface area contributed by atoms with Crippen LogP contribution in [0.2, 0.25) is 5.15 Å². The van der Waals surface area contributed by atoms with Crippen molar-refractivity contribution in [3.8, 4) is 0 Å². The van der Waals surface area contributed by atoms with Crippen molar-refractivity contribution in [2.24, 2.45) is 18.9 Å². The number of aromatic nitrogens is 4. The van der Waals surface area contributed by atoms with Crippen molar-refractivity contribution in [2.75, 3.05) is 29.6 Å². The molecule has 6 rings (SSSR count). The summed E-state index contributed by atoms with van der Waals surface area (Å²) in [5.74, 6) is 0.0727. The third-order valence-electron chi connectivity index (χ3n) is 8.45. The molecule has 0 bridgehead atoms. The van der Waals surface area contributed by atoms with Gasteiger partial charge in [0.05, 0.1) is 46.5 Å². The zero-order valence-corrected chi connectivity index (χ0v) is 26.3. The molecule has 44 heavy (non-hydrogen) atoms. The van der Waals surface area contributed by atoms with Crippen LogP contribution in [0.25, 0.3) is 10.9 Å². The van der Waals surface area contributed by atoms with E-state index in [2.05, 4.69) is 20.2 Å². The molecule has 1 unspecified atom stereocenters. The second kappa shape index (κ2) is 10.8. The van der Waals surface area contributed by atoms with Crippen molar-refractivity contribution in [1.29, 1.82) is 0 Å². The number of hydrogen-bond acceptors (Lipinski definition) is 9. The first-order chi connectivity index (χ1) is 20.7. The number of piperidine rings is 1. The minimum absolute atomic E-state index is 0.0231. The number of nitrogens with zero attached hydrogens (tertiary/aromatic N) is 5. The van der Waals surface area contributed by atoms with Gasteiger partial charge in [0, 0.05) is 37.7 Å². The van der Waals surface area contributed by atoms with E-state index in [-0.39, 0.29) is 45.7 Å². The van der Waals surface area contributed by atoms with Gasteiger partial charge in [-0.2, -0.15) is 0 Å². The molecule has 4 aromatic rings. The van der Waals surface area contributed by atoms with E-state index >= 15 is 0 Å². The SMILES string of the molecule is Cc1cc([C@@H](C)Nc2ccc(Cl)nc2C(=O)NS(C)(=O)=O)c2nc(C3[C@H]4CN(c5cnc(C)c(F)c5)C[C@@H]34)n(C)c(=O)c2c1. The highest BCUT2D eigenvalue weighted by Gasteiger charge is 2.58. The van der Waals surface area contributed by atoms with Crippen LogP contribution in [0.4, 0.5) is 15.8 Å². The molecule has 1 saturated heterocycles. The number of fused-ring (bicyclic) bond motifs is 2. The van der Waals surface area contributed by atoms with Gasteiger partial charge in [-0.3, -0.25) is 19.1 Å². The lowest BCUT2D eigenvalue weighted by Crippen LogP contribution is -2.31. The predicted molar refractivity (Wildman–Crippen MR) is 166 cm³/mol. The highest BCUT2D eigenvalue weighted by Crippen LogP contribution is 2.58. The molecule has 2 fully saturated rings. The first-order valence-corrected chi connectivity index (χ1v) is 16.3. The zero-order valence-electron chi connectivity index (χ0n) is 24.7. The van der Waals surface area contributed by atoms with E-state index in [4.69, 9.17) is 16.6 Å². The lowest BCUT2D eigenvalue weighted by atomic mass is 10.0. The molecule has 2 N–H and O–H groups in total. The molecule has 14 heteroatoms.